The van der Waals surface area contributed by atoms with E-state index in [2.05, 4.69) is 34.3 Å². The number of nitrogens with one attached hydrogen (secondary N) is 1. The predicted octanol–water partition coefficient (Wildman–Crippen LogP) is 2.77. The number of urea groups is 1. The van der Waals surface area contributed by atoms with E-state index < -0.39 is 11.9 Å². The summed E-state index contributed by atoms with van der Waals surface area (Å²) in [6, 6.07) is 6.72. The third kappa shape index (κ3) is 6.07. The molecule has 2 aliphatic heterocycles. The number of imide groups is 1. The second-order valence-electron chi connectivity index (χ2n) is 10.2. The van der Waals surface area contributed by atoms with Crippen LogP contribution < -0.4 is 5.32 Å². The van der Waals surface area contributed by atoms with E-state index in [4.69, 9.17) is 16.1 Å². The molecule has 4 amide bonds. The van der Waals surface area contributed by atoms with Crippen molar-refractivity contribution in [1.82, 2.24) is 35.0 Å². The van der Waals surface area contributed by atoms with Crippen molar-refractivity contribution in [2.45, 2.75) is 45.3 Å². The molecule has 3 aromatic heterocycles. The number of aliphatic hydroxyl groups is 1. The third-order valence-corrected chi connectivity index (χ3v) is 8.47. The van der Waals surface area contributed by atoms with Gasteiger partial charge in [-0.3, -0.25) is 19.2 Å². The van der Waals surface area contributed by atoms with E-state index in [1.807, 2.05) is 6.07 Å². The van der Waals surface area contributed by atoms with Gasteiger partial charge in [-0.1, -0.05) is 16.8 Å². The third-order valence-electron chi connectivity index (χ3n) is 7.22. The minimum absolute atomic E-state index is 0.000527. The molecule has 214 valence electrons. The van der Waals surface area contributed by atoms with Crippen LogP contribution in [-0.2, 0) is 6.54 Å². The molecule has 0 bridgehead atoms. The van der Waals surface area contributed by atoms with E-state index in [0.717, 1.165) is 35.7 Å². The maximum Gasteiger partial charge on any atom is 0.327 e. The number of thiophene rings is 1. The lowest BCUT2D eigenvalue weighted by atomic mass is 10.0. The van der Waals surface area contributed by atoms with E-state index in [0.29, 0.717) is 28.4 Å². The van der Waals surface area contributed by atoms with Gasteiger partial charge in [0.2, 0.25) is 0 Å². The molecule has 0 radical (unpaired) electrons. The highest BCUT2D eigenvalue weighted by atomic mass is 35.5. The highest BCUT2D eigenvalue weighted by Crippen LogP contribution is 2.31. The van der Waals surface area contributed by atoms with Crippen LogP contribution in [0.3, 0.4) is 0 Å². The summed E-state index contributed by atoms with van der Waals surface area (Å²) in [7, 11) is 0. The number of aromatic nitrogens is 3. The highest BCUT2D eigenvalue weighted by Gasteiger charge is 2.35. The molecule has 14 heteroatoms. The lowest BCUT2D eigenvalue weighted by molar-refractivity contribution is 0.0813. The molecule has 0 atom stereocenters. The van der Waals surface area contributed by atoms with Crippen LogP contribution in [-0.4, -0.2) is 104 Å². The summed E-state index contributed by atoms with van der Waals surface area (Å²) in [6.45, 7) is 6.63. The molecule has 5 heterocycles. The zero-order chi connectivity index (χ0) is 28.4. The average Bonchev–Trinajstić information content (AvgIpc) is 3.73. The van der Waals surface area contributed by atoms with E-state index >= 15 is 0 Å². The number of piperidine rings is 1. The number of hydrogen-bond donors (Lipinski definition) is 2. The monoisotopic (exact) mass is 589 g/mol. The molecule has 40 heavy (non-hydrogen) atoms. The maximum absolute atomic E-state index is 13.5. The molecule has 2 fully saturated rings. The number of hydrogen-bond acceptors (Lipinski definition) is 9. The molecule has 3 aromatic rings. The number of nitrogens with zero attached hydrogens (tertiary/aromatic N) is 6. The molecule has 0 aromatic carbocycles. The molecular formula is C26H32ClN7O5S. The number of halogens is 1. The van der Waals surface area contributed by atoms with Gasteiger partial charge in [0.25, 0.3) is 11.8 Å². The fourth-order valence-electron chi connectivity index (χ4n) is 4.98. The van der Waals surface area contributed by atoms with Crippen molar-refractivity contribution in [1.29, 1.82) is 0 Å². The summed E-state index contributed by atoms with van der Waals surface area (Å²) in [6.07, 6.45) is 1.64. The van der Waals surface area contributed by atoms with Gasteiger partial charge in [-0.2, -0.15) is 5.10 Å². The van der Waals surface area contributed by atoms with Gasteiger partial charge in [0.1, 0.15) is 11.4 Å². The van der Waals surface area contributed by atoms with Crippen LogP contribution in [0.2, 0.25) is 4.34 Å². The van der Waals surface area contributed by atoms with Crippen LogP contribution in [0.1, 0.15) is 53.4 Å². The Bertz CT molecular complexity index is 1380. The summed E-state index contributed by atoms with van der Waals surface area (Å²) in [5, 5.41) is 20.8. The molecule has 0 spiro atoms. The van der Waals surface area contributed by atoms with Crippen LogP contribution in [0.4, 0.5) is 4.79 Å². The first-order chi connectivity index (χ1) is 19.2. The molecule has 12 nitrogen and oxygen atoms in total. The summed E-state index contributed by atoms with van der Waals surface area (Å²) in [5.41, 5.74) is 0.678. The minimum Gasteiger partial charge on any atom is -0.395 e. The predicted molar refractivity (Wildman–Crippen MR) is 148 cm³/mol. The van der Waals surface area contributed by atoms with Gasteiger partial charge in [0.05, 0.1) is 22.4 Å². The number of aliphatic hydroxyl groups excluding tert-OH is 1. The van der Waals surface area contributed by atoms with Gasteiger partial charge in [-0.25, -0.2) is 4.79 Å². The van der Waals surface area contributed by atoms with Gasteiger partial charge in [0.15, 0.2) is 11.5 Å². The molecule has 2 saturated heterocycles. The topological polar surface area (TPSA) is 137 Å². The summed E-state index contributed by atoms with van der Waals surface area (Å²) >= 11 is 7.40. The Morgan fingerprint density at radius 3 is 2.65 bits per heavy atom. The number of β-amino-alcohol motifs (C(OH)–C–C–N with tert-alkyl or cyclic N) is 1. The molecule has 5 rings (SSSR count). The number of carbonyl (C=O) groups is 3. The van der Waals surface area contributed by atoms with Crippen molar-refractivity contribution < 1.29 is 24.0 Å². The van der Waals surface area contributed by atoms with Crippen LogP contribution in [0.15, 0.2) is 28.8 Å². The Morgan fingerprint density at radius 1 is 1.20 bits per heavy atom. The van der Waals surface area contributed by atoms with Gasteiger partial charge in [-0.15, -0.1) is 11.3 Å². The average molecular weight is 590 g/mol. The fourth-order valence-corrected chi connectivity index (χ4v) is 5.98. The van der Waals surface area contributed by atoms with Crippen molar-refractivity contribution in [3.8, 4) is 10.6 Å². The van der Waals surface area contributed by atoms with Gasteiger partial charge < -0.3 is 24.7 Å². The van der Waals surface area contributed by atoms with Crippen molar-refractivity contribution >= 4 is 40.8 Å². The van der Waals surface area contributed by atoms with E-state index in [9.17, 15) is 19.5 Å². The van der Waals surface area contributed by atoms with Crippen molar-refractivity contribution in [2.75, 3.05) is 39.3 Å². The molecular weight excluding hydrogens is 558 g/mol. The summed E-state index contributed by atoms with van der Waals surface area (Å²) in [5.74, 6) is -0.416. The highest BCUT2D eigenvalue weighted by molar-refractivity contribution is 7.19. The van der Waals surface area contributed by atoms with E-state index in [1.54, 1.807) is 12.1 Å². The first kappa shape index (κ1) is 28.3. The molecule has 0 aliphatic carbocycles. The van der Waals surface area contributed by atoms with Crippen molar-refractivity contribution in [2.24, 2.45) is 0 Å². The van der Waals surface area contributed by atoms with Crippen LogP contribution in [0.5, 0.6) is 0 Å². The Morgan fingerprint density at radius 2 is 1.98 bits per heavy atom. The van der Waals surface area contributed by atoms with Crippen LogP contribution >= 0.6 is 22.9 Å². The van der Waals surface area contributed by atoms with E-state index in [-0.39, 0.29) is 49.6 Å². The lowest BCUT2D eigenvalue weighted by Gasteiger charge is -2.34. The first-order valence-electron chi connectivity index (χ1n) is 13.3. The van der Waals surface area contributed by atoms with Crippen molar-refractivity contribution in [3.05, 3.63) is 45.7 Å². The Balaban J connectivity index is 1.37. The maximum atomic E-state index is 13.5. The summed E-state index contributed by atoms with van der Waals surface area (Å²) in [4.78, 5) is 45.1. The number of carbonyl (C=O) groups excluding carboxylic acids is 3. The normalized spacial score (nSPS) is 16.9. The van der Waals surface area contributed by atoms with Gasteiger partial charge >= 0.3 is 6.03 Å². The quantitative estimate of drug-likeness (QED) is 0.389. The lowest BCUT2D eigenvalue weighted by Crippen LogP contribution is -2.46. The Kier molecular flexibility index (Phi) is 8.54. The SMILES string of the molecule is CC(C)N1CCC(NC(=O)c2cc(C(=O)N3CCN(CCO)C3=O)nn2Cc2cc(-c3ccc(Cl)s3)on2)CC1. The molecule has 0 saturated carbocycles. The second kappa shape index (κ2) is 12.1. The zero-order valence-electron chi connectivity index (χ0n) is 22.4. The molecule has 2 aliphatic rings. The van der Waals surface area contributed by atoms with Crippen LogP contribution in [0.25, 0.3) is 10.6 Å². The summed E-state index contributed by atoms with van der Waals surface area (Å²) < 4.78 is 7.52. The molecule has 0 unspecified atom stereocenters. The van der Waals surface area contributed by atoms with Crippen LogP contribution in [0, 0.1) is 0 Å². The fraction of sp³-hybridized carbons (Fsp3) is 0.500. The Hall–Kier alpha value is -3.26. The molecule has 2 N–H and O–H groups in total. The van der Waals surface area contributed by atoms with Gasteiger partial charge in [-0.05, 0) is 38.8 Å². The zero-order valence-corrected chi connectivity index (χ0v) is 24.0. The smallest absolute Gasteiger partial charge is 0.327 e. The number of amides is 4. The number of likely N-dealkylation sites (tertiary alicyclic amines) is 1. The Labute approximate surface area is 240 Å². The standard InChI is InChI=1S/C26H32ClN7O5S/c1-16(2)31-7-5-17(6-8-31)28-24(36)20-14-19(25(37)33-10-9-32(11-12-35)26(33)38)29-34(20)15-18-13-21(39-30-18)22-3-4-23(27)40-22/h3-4,13-14,16-17,35H,5-12,15H2,1-2H3,(H,28,36). The van der Waals surface area contributed by atoms with Crippen molar-refractivity contribution in [3.63, 3.8) is 0 Å². The number of rotatable bonds is 9. The first-order valence-corrected chi connectivity index (χ1v) is 14.5. The van der Waals surface area contributed by atoms with E-state index in [1.165, 1.54) is 27.0 Å². The van der Waals surface area contributed by atoms with Gasteiger partial charge in [0, 0.05) is 56.9 Å². The minimum atomic E-state index is -0.599. The second-order valence-corrected chi connectivity index (χ2v) is 11.9. The largest absolute Gasteiger partial charge is 0.395 e.